The Labute approximate surface area is 171 Å². The van der Waals surface area contributed by atoms with Crippen LogP contribution in [0.25, 0.3) is 10.2 Å². The molecule has 0 atom stereocenters. The zero-order valence-corrected chi connectivity index (χ0v) is 17.6. The van der Waals surface area contributed by atoms with E-state index in [-0.39, 0.29) is 24.5 Å². The van der Waals surface area contributed by atoms with Crippen LogP contribution in [-0.4, -0.2) is 41.6 Å². The molecule has 0 bridgehead atoms. The van der Waals surface area contributed by atoms with Gasteiger partial charge < -0.3 is 9.47 Å². The SMILES string of the molecule is COCCOC(=O)c1sc2ncn(CC(=O)c3ccc(C)c(C)c3)c(=O)c2c1C. The molecule has 1 aromatic carbocycles. The predicted octanol–water partition coefficient (Wildman–Crippen LogP) is 3.07. The Balaban J connectivity index is 1.90. The number of fused-ring (bicyclic) bond motifs is 1. The summed E-state index contributed by atoms with van der Waals surface area (Å²) < 4.78 is 11.3. The quantitative estimate of drug-likeness (QED) is 0.335. The Kier molecular flexibility index (Phi) is 6.24. The normalized spacial score (nSPS) is 11.0. The zero-order chi connectivity index (χ0) is 21.1. The smallest absolute Gasteiger partial charge is 0.348 e. The van der Waals surface area contributed by atoms with Crippen LogP contribution in [0.2, 0.25) is 0 Å². The number of carbonyl (C=O) groups is 2. The van der Waals surface area contributed by atoms with Crippen molar-refractivity contribution in [2.45, 2.75) is 27.3 Å². The molecule has 0 fully saturated rings. The van der Waals surface area contributed by atoms with Crippen LogP contribution < -0.4 is 5.56 Å². The van der Waals surface area contributed by atoms with Gasteiger partial charge in [-0.25, -0.2) is 9.78 Å². The molecule has 0 unspecified atom stereocenters. The molecular formula is C21H22N2O5S. The Morgan fingerprint density at radius 2 is 1.90 bits per heavy atom. The molecule has 7 nitrogen and oxygen atoms in total. The average Bonchev–Trinajstić information content (AvgIpc) is 3.03. The van der Waals surface area contributed by atoms with Gasteiger partial charge in [-0.3, -0.25) is 14.2 Å². The highest BCUT2D eigenvalue weighted by molar-refractivity contribution is 7.20. The van der Waals surface area contributed by atoms with Gasteiger partial charge in [-0.1, -0.05) is 12.1 Å². The molecule has 8 heteroatoms. The van der Waals surface area contributed by atoms with E-state index in [1.54, 1.807) is 13.0 Å². The number of Topliss-reactive ketones (excluding diaryl/α,β-unsaturated/α-hetero) is 1. The van der Waals surface area contributed by atoms with Crippen LogP contribution in [-0.2, 0) is 16.0 Å². The molecule has 0 N–H and O–H groups in total. The van der Waals surface area contributed by atoms with Crippen molar-refractivity contribution in [2.75, 3.05) is 20.3 Å². The lowest BCUT2D eigenvalue weighted by molar-refractivity contribution is 0.0393. The van der Waals surface area contributed by atoms with Gasteiger partial charge in [-0.05, 0) is 43.5 Å². The number of hydrogen-bond donors (Lipinski definition) is 0. The van der Waals surface area contributed by atoms with Gasteiger partial charge in [0, 0.05) is 12.7 Å². The molecule has 0 saturated carbocycles. The minimum absolute atomic E-state index is 0.118. The molecule has 0 spiro atoms. The van der Waals surface area contributed by atoms with E-state index in [1.807, 2.05) is 26.0 Å². The van der Waals surface area contributed by atoms with Crippen LogP contribution in [0.5, 0.6) is 0 Å². The number of hydrogen-bond acceptors (Lipinski definition) is 7. The third kappa shape index (κ3) is 4.28. The summed E-state index contributed by atoms with van der Waals surface area (Å²) in [6.07, 6.45) is 1.35. The lowest BCUT2D eigenvalue weighted by atomic mass is 10.0. The summed E-state index contributed by atoms with van der Waals surface area (Å²) in [5, 5.41) is 0.337. The van der Waals surface area contributed by atoms with Gasteiger partial charge in [0.1, 0.15) is 16.3 Å². The van der Waals surface area contributed by atoms with Crippen LogP contribution >= 0.6 is 11.3 Å². The number of thiophene rings is 1. The average molecular weight is 414 g/mol. The highest BCUT2D eigenvalue weighted by Gasteiger charge is 2.21. The molecule has 3 rings (SSSR count). The van der Waals surface area contributed by atoms with Gasteiger partial charge in [0.05, 0.1) is 24.9 Å². The lowest BCUT2D eigenvalue weighted by Gasteiger charge is -2.07. The van der Waals surface area contributed by atoms with Gasteiger partial charge in [-0.2, -0.15) is 0 Å². The Morgan fingerprint density at radius 3 is 2.59 bits per heavy atom. The van der Waals surface area contributed by atoms with E-state index in [0.29, 0.717) is 32.8 Å². The minimum Gasteiger partial charge on any atom is -0.459 e. The maximum atomic E-state index is 12.9. The summed E-state index contributed by atoms with van der Waals surface area (Å²) in [6, 6.07) is 5.46. The topological polar surface area (TPSA) is 87.5 Å². The highest BCUT2D eigenvalue weighted by Crippen LogP contribution is 2.27. The fraction of sp³-hybridized carbons (Fsp3) is 0.333. The number of esters is 1. The summed E-state index contributed by atoms with van der Waals surface area (Å²) in [7, 11) is 1.52. The van der Waals surface area contributed by atoms with Crippen LogP contribution in [0.1, 0.15) is 36.7 Å². The number of ether oxygens (including phenoxy) is 2. The molecule has 0 aliphatic rings. The van der Waals surface area contributed by atoms with E-state index in [1.165, 1.54) is 18.0 Å². The van der Waals surface area contributed by atoms with Crippen molar-refractivity contribution in [2.24, 2.45) is 0 Å². The van der Waals surface area contributed by atoms with E-state index < -0.39 is 5.97 Å². The van der Waals surface area contributed by atoms with Gasteiger partial charge >= 0.3 is 5.97 Å². The summed E-state index contributed by atoms with van der Waals surface area (Å²) in [6.45, 7) is 5.90. The Morgan fingerprint density at radius 1 is 1.14 bits per heavy atom. The molecule has 152 valence electrons. The number of nitrogens with zero attached hydrogens (tertiary/aromatic N) is 2. The predicted molar refractivity (Wildman–Crippen MR) is 111 cm³/mol. The second kappa shape index (κ2) is 8.67. The van der Waals surface area contributed by atoms with E-state index in [0.717, 1.165) is 22.5 Å². The van der Waals surface area contributed by atoms with Crippen LogP contribution in [0.3, 0.4) is 0 Å². The first-order valence-electron chi connectivity index (χ1n) is 9.08. The second-order valence-electron chi connectivity index (χ2n) is 6.76. The molecule has 0 radical (unpaired) electrons. The van der Waals surface area contributed by atoms with Crippen molar-refractivity contribution in [3.8, 4) is 0 Å². The molecule has 2 heterocycles. The van der Waals surface area contributed by atoms with Crippen molar-refractivity contribution in [1.29, 1.82) is 0 Å². The van der Waals surface area contributed by atoms with E-state index >= 15 is 0 Å². The first-order chi connectivity index (χ1) is 13.8. The van der Waals surface area contributed by atoms with E-state index in [9.17, 15) is 14.4 Å². The molecule has 0 saturated heterocycles. The lowest BCUT2D eigenvalue weighted by Crippen LogP contribution is -2.24. The van der Waals surface area contributed by atoms with Crippen LogP contribution in [0, 0.1) is 20.8 Å². The first-order valence-corrected chi connectivity index (χ1v) is 9.90. The number of ketones is 1. The second-order valence-corrected chi connectivity index (χ2v) is 7.76. The van der Waals surface area contributed by atoms with Crippen LogP contribution in [0.15, 0.2) is 29.3 Å². The monoisotopic (exact) mass is 414 g/mol. The van der Waals surface area contributed by atoms with Crippen molar-refractivity contribution >= 4 is 33.3 Å². The number of benzene rings is 1. The fourth-order valence-corrected chi connectivity index (χ4v) is 3.94. The van der Waals surface area contributed by atoms with Crippen LogP contribution in [0.4, 0.5) is 0 Å². The molecule has 0 aliphatic carbocycles. The molecule has 29 heavy (non-hydrogen) atoms. The molecule has 0 aliphatic heterocycles. The Bertz CT molecular complexity index is 1150. The molecular weight excluding hydrogens is 392 g/mol. The van der Waals surface area contributed by atoms with Gasteiger partial charge in [0.25, 0.3) is 5.56 Å². The number of aromatic nitrogens is 2. The number of carbonyl (C=O) groups excluding carboxylic acids is 2. The number of methoxy groups -OCH3 is 1. The maximum Gasteiger partial charge on any atom is 0.348 e. The number of rotatable bonds is 7. The maximum absolute atomic E-state index is 12.9. The third-order valence-electron chi connectivity index (χ3n) is 4.77. The van der Waals surface area contributed by atoms with Crippen molar-refractivity contribution in [1.82, 2.24) is 9.55 Å². The highest BCUT2D eigenvalue weighted by atomic mass is 32.1. The van der Waals surface area contributed by atoms with E-state index in [2.05, 4.69) is 4.98 Å². The summed E-state index contributed by atoms with van der Waals surface area (Å²) in [5.41, 5.74) is 2.82. The van der Waals surface area contributed by atoms with Crippen molar-refractivity contribution in [3.63, 3.8) is 0 Å². The van der Waals surface area contributed by atoms with Gasteiger partial charge in [-0.15, -0.1) is 11.3 Å². The van der Waals surface area contributed by atoms with E-state index in [4.69, 9.17) is 9.47 Å². The molecule has 0 amide bonds. The van der Waals surface area contributed by atoms with Gasteiger partial charge in [0.2, 0.25) is 0 Å². The summed E-state index contributed by atoms with van der Waals surface area (Å²) in [4.78, 5) is 42.9. The first kappa shape index (κ1) is 20.9. The molecule has 2 aromatic heterocycles. The zero-order valence-electron chi connectivity index (χ0n) is 16.8. The van der Waals surface area contributed by atoms with Crippen molar-refractivity contribution in [3.05, 3.63) is 62.0 Å². The molecule has 3 aromatic rings. The van der Waals surface area contributed by atoms with Gasteiger partial charge in [0.15, 0.2) is 5.78 Å². The van der Waals surface area contributed by atoms with Crippen molar-refractivity contribution < 1.29 is 19.1 Å². The Hall–Kier alpha value is -2.84. The minimum atomic E-state index is -0.514. The largest absolute Gasteiger partial charge is 0.459 e. The summed E-state index contributed by atoms with van der Waals surface area (Å²) in [5.74, 6) is -0.692. The third-order valence-corrected chi connectivity index (χ3v) is 5.95. The standard InChI is InChI=1S/C21H22N2O5S/c1-12-5-6-15(9-13(12)2)16(24)10-23-11-22-19-17(20(23)25)14(3)18(29-19)21(26)28-8-7-27-4/h5-6,9,11H,7-8,10H2,1-4H3. The summed E-state index contributed by atoms with van der Waals surface area (Å²) >= 11 is 1.11. The fourth-order valence-electron chi connectivity index (χ4n) is 2.91. The number of aryl methyl sites for hydroxylation is 3.